The van der Waals surface area contributed by atoms with E-state index in [0.717, 1.165) is 22.5 Å². The lowest BCUT2D eigenvalue weighted by Gasteiger charge is -2.14. The van der Waals surface area contributed by atoms with Crippen LogP contribution in [0.5, 0.6) is 5.75 Å². The first kappa shape index (κ1) is 17.2. The van der Waals surface area contributed by atoms with E-state index in [2.05, 4.69) is 25.4 Å². The van der Waals surface area contributed by atoms with Crippen molar-refractivity contribution >= 4 is 34.0 Å². The van der Waals surface area contributed by atoms with Gasteiger partial charge in [-0.1, -0.05) is 16.8 Å². The van der Waals surface area contributed by atoms with E-state index in [9.17, 15) is 0 Å². The molecule has 0 saturated heterocycles. The van der Waals surface area contributed by atoms with E-state index in [1.165, 1.54) is 0 Å². The molecule has 27 heavy (non-hydrogen) atoms. The Labute approximate surface area is 160 Å². The molecule has 0 aliphatic rings. The van der Waals surface area contributed by atoms with Gasteiger partial charge in [0.05, 0.1) is 23.4 Å². The summed E-state index contributed by atoms with van der Waals surface area (Å²) in [5, 5.41) is 8.60. The van der Waals surface area contributed by atoms with Gasteiger partial charge in [0.15, 0.2) is 11.5 Å². The molecule has 0 aliphatic carbocycles. The van der Waals surface area contributed by atoms with E-state index in [4.69, 9.17) is 20.9 Å². The number of aromatic nitrogens is 4. The third-order valence-electron chi connectivity index (χ3n) is 4.05. The predicted molar refractivity (Wildman–Crippen MR) is 104 cm³/mol. The fourth-order valence-corrected chi connectivity index (χ4v) is 3.02. The van der Waals surface area contributed by atoms with Gasteiger partial charge in [0, 0.05) is 23.0 Å². The number of fused-ring (bicyclic) bond motifs is 1. The highest BCUT2D eigenvalue weighted by molar-refractivity contribution is 6.32. The molecule has 1 aromatic carbocycles. The van der Waals surface area contributed by atoms with E-state index in [-0.39, 0.29) is 0 Å². The largest absolute Gasteiger partial charge is 0.495 e. The van der Waals surface area contributed by atoms with Crippen molar-refractivity contribution in [3.05, 3.63) is 53.1 Å². The molecule has 0 saturated carbocycles. The molecule has 0 fully saturated rings. The predicted octanol–water partition coefficient (Wildman–Crippen LogP) is 4.70. The van der Waals surface area contributed by atoms with Crippen LogP contribution in [0.4, 0.5) is 11.4 Å². The molecule has 3 heterocycles. The Bertz CT molecular complexity index is 1140. The quantitative estimate of drug-likeness (QED) is 0.548. The molecular weight excluding hydrogens is 366 g/mol. The lowest BCUT2D eigenvalue weighted by molar-refractivity contribution is 0.415. The highest BCUT2D eigenvalue weighted by Crippen LogP contribution is 2.36. The maximum atomic E-state index is 6.26. The number of hydrogen-bond donors (Lipinski definition) is 1. The van der Waals surface area contributed by atoms with Crippen molar-refractivity contribution < 1.29 is 9.26 Å². The summed E-state index contributed by atoms with van der Waals surface area (Å²) in [5.74, 6) is 1.53. The van der Waals surface area contributed by atoms with E-state index in [1.54, 1.807) is 32.4 Å². The first-order valence-corrected chi connectivity index (χ1v) is 8.60. The molecular formula is C19H16ClN5O2. The average molecular weight is 382 g/mol. The van der Waals surface area contributed by atoms with Gasteiger partial charge in [-0.3, -0.25) is 0 Å². The number of aryl methyl sites for hydroxylation is 2. The zero-order valence-corrected chi connectivity index (χ0v) is 15.7. The lowest BCUT2D eigenvalue weighted by Crippen LogP contribution is -1.99. The second-order valence-electron chi connectivity index (χ2n) is 5.99. The fourth-order valence-electron chi connectivity index (χ4n) is 2.76. The molecule has 3 aromatic heterocycles. The first-order chi connectivity index (χ1) is 13.0. The van der Waals surface area contributed by atoms with E-state index in [1.807, 2.05) is 25.1 Å². The Balaban J connectivity index is 1.89. The third kappa shape index (κ3) is 3.29. The summed E-state index contributed by atoms with van der Waals surface area (Å²) in [7, 11) is 1.58. The molecule has 0 amide bonds. The van der Waals surface area contributed by atoms with Gasteiger partial charge >= 0.3 is 0 Å². The van der Waals surface area contributed by atoms with Crippen molar-refractivity contribution in [2.75, 3.05) is 12.4 Å². The van der Waals surface area contributed by atoms with Crippen molar-refractivity contribution in [2.45, 2.75) is 13.8 Å². The Morgan fingerprint density at radius 2 is 1.96 bits per heavy atom. The van der Waals surface area contributed by atoms with Gasteiger partial charge in [-0.2, -0.15) is 4.98 Å². The summed E-state index contributed by atoms with van der Waals surface area (Å²) in [6, 6.07) is 9.36. The van der Waals surface area contributed by atoms with Crippen LogP contribution in [-0.4, -0.2) is 27.2 Å². The van der Waals surface area contributed by atoms with Crippen LogP contribution < -0.4 is 10.1 Å². The van der Waals surface area contributed by atoms with Gasteiger partial charge in [-0.05, 0) is 44.2 Å². The first-order valence-electron chi connectivity index (χ1n) is 8.23. The number of hydrogen-bond acceptors (Lipinski definition) is 7. The van der Waals surface area contributed by atoms with Gasteiger partial charge in [-0.15, -0.1) is 0 Å². The minimum Gasteiger partial charge on any atom is -0.495 e. The molecule has 0 atom stereocenters. The van der Waals surface area contributed by atoms with Gasteiger partial charge in [0.1, 0.15) is 5.75 Å². The van der Waals surface area contributed by atoms with Gasteiger partial charge in [-0.25, -0.2) is 9.97 Å². The molecule has 0 spiro atoms. The lowest BCUT2D eigenvalue weighted by atomic mass is 10.1. The van der Waals surface area contributed by atoms with Crippen molar-refractivity contribution in [1.29, 1.82) is 0 Å². The Morgan fingerprint density at radius 3 is 2.67 bits per heavy atom. The summed E-state index contributed by atoms with van der Waals surface area (Å²) in [6.45, 7) is 3.69. The van der Waals surface area contributed by atoms with E-state index in [0.29, 0.717) is 33.7 Å². The molecule has 4 aromatic rings. The molecule has 136 valence electrons. The molecule has 0 aliphatic heterocycles. The summed E-state index contributed by atoms with van der Waals surface area (Å²) < 4.78 is 10.6. The van der Waals surface area contributed by atoms with Gasteiger partial charge in [0.25, 0.3) is 5.89 Å². The second-order valence-corrected chi connectivity index (χ2v) is 6.40. The normalized spacial score (nSPS) is 11.0. The van der Waals surface area contributed by atoms with Crippen molar-refractivity contribution in [2.24, 2.45) is 0 Å². The number of methoxy groups -OCH3 is 1. The van der Waals surface area contributed by atoms with Gasteiger partial charge < -0.3 is 14.6 Å². The van der Waals surface area contributed by atoms with Crippen LogP contribution in [0, 0.1) is 13.8 Å². The SMILES string of the molecule is COc1ccc(Nc2c(-c3nc(C)no3)cnc3nc(C)ccc23)cc1Cl. The number of benzene rings is 1. The van der Waals surface area contributed by atoms with Crippen LogP contribution in [0.2, 0.25) is 5.02 Å². The zero-order chi connectivity index (χ0) is 19.0. The second kappa shape index (κ2) is 6.85. The number of pyridine rings is 2. The Hall–Kier alpha value is -3.19. The van der Waals surface area contributed by atoms with Crippen molar-refractivity contribution in [3.8, 4) is 17.2 Å². The smallest absolute Gasteiger partial charge is 0.261 e. The minimum absolute atomic E-state index is 0.379. The standard InChI is InChI=1S/C19H16ClN5O2/c1-10-4-6-13-17(24-12-5-7-16(26-3)15(20)8-12)14(9-21-18(13)22-10)19-23-11(2)25-27-19/h4-9H,1-3H3,(H,21,22,24). The van der Waals surface area contributed by atoms with Crippen LogP contribution in [0.25, 0.3) is 22.5 Å². The summed E-state index contributed by atoms with van der Waals surface area (Å²) in [4.78, 5) is 13.3. The molecule has 0 unspecified atom stereocenters. The molecule has 0 radical (unpaired) electrons. The molecule has 8 heteroatoms. The van der Waals surface area contributed by atoms with Crippen LogP contribution in [-0.2, 0) is 0 Å². The highest BCUT2D eigenvalue weighted by atomic mass is 35.5. The van der Waals surface area contributed by atoms with Gasteiger partial charge in [0.2, 0.25) is 0 Å². The highest BCUT2D eigenvalue weighted by Gasteiger charge is 2.17. The number of nitrogens with zero attached hydrogens (tertiary/aromatic N) is 4. The molecule has 0 bridgehead atoms. The third-order valence-corrected chi connectivity index (χ3v) is 4.34. The number of halogens is 1. The number of rotatable bonds is 4. The topological polar surface area (TPSA) is 86.0 Å². The van der Waals surface area contributed by atoms with Crippen LogP contribution >= 0.6 is 11.6 Å². The molecule has 1 N–H and O–H groups in total. The van der Waals surface area contributed by atoms with Crippen LogP contribution in [0.3, 0.4) is 0 Å². The maximum Gasteiger partial charge on any atom is 0.261 e. The van der Waals surface area contributed by atoms with Crippen LogP contribution in [0.15, 0.2) is 41.1 Å². The number of nitrogens with one attached hydrogen (secondary N) is 1. The van der Waals surface area contributed by atoms with E-state index >= 15 is 0 Å². The molecule has 4 rings (SSSR count). The van der Waals surface area contributed by atoms with Crippen molar-refractivity contribution in [1.82, 2.24) is 20.1 Å². The van der Waals surface area contributed by atoms with Crippen molar-refractivity contribution in [3.63, 3.8) is 0 Å². The average Bonchev–Trinajstić information content (AvgIpc) is 3.08. The summed E-state index contributed by atoms with van der Waals surface area (Å²) in [5.41, 5.74) is 3.73. The zero-order valence-electron chi connectivity index (χ0n) is 14.9. The number of anilines is 2. The maximum absolute atomic E-state index is 6.26. The number of ether oxygens (including phenoxy) is 1. The Morgan fingerprint density at radius 1 is 1.11 bits per heavy atom. The minimum atomic E-state index is 0.379. The van der Waals surface area contributed by atoms with Crippen LogP contribution in [0.1, 0.15) is 11.5 Å². The summed E-state index contributed by atoms with van der Waals surface area (Å²) in [6.07, 6.45) is 1.68. The Kier molecular flexibility index (Phi) is 4.37. The van der Waals surface area contributed by atoms with E-state index < -0.39 is 0 Å². The summed E-state index contributed by atoms with van der Waals surface area (Å²) >= 11 is 6.26. The fraction of sp³-hybridized carbons (Fsp3) is 0.158. The molecule has 7 nitrogen and oxygen atoms in total. The monoisotopic (exact) mass is 381 g/mol.